The van der Waals surface area contributed by atoms with Crippen LogP contribution in [0, 0.1) is 6.92 Å². The summed E-state index contributed by atoms with van der Waals surface area (Å²) in [5.41, 5.74) is 1.07. The summed E-state index contributed by atoms with van der Waals surface area (Å²) in [4.78, 5) is 84.8. The number of ether oxygens (including phenoxy) is 2. The van der Waals surface area contributed by atoms with E-state index in [2.05, 4.69) is 10.3 Å². The molecule has 5 amide bonds. The molecule has 0 saturated carbocycles. The summed E-state index contributed by atoms with van der Waals surface area (Å²) in [6, 6.07) is 4.43. The smallest absolute Gasteiger partial charge is 0.409 e. The number of benzene rings is 1. The highest BCUT2D eigenvalue weighted by Crippen LogP contribution is 2.28. The monoisotopic (exact) mass is 672 g/mol. The zero-order valence-electron chi connectivity index (χ0n) is 27.3. The van der Waals surface area contributed by atoms with Crippen molar-refractivity contribution in [1.82, 2.24) is 30.1 Å². The number of carbonyl (C=O) groups is 6. The number of carboxylic acid groups (broad SMARTS) is 1. The second kappa shape index (κ2) is 16.2. The van der Waals surface area contributed by atoms with Gasteiger partial charge in [0.05, 0.1) is 18.7 Å². The second-order valence-electron chi connectivity index (χ2n) is 11.5. The van der Waals surface area contributed by atoms with E-state index in [0.717, 1.165) is 5.56 Å². The van der Waals surface area contributed by atoms with Crippen molar-refractivity contribution in [3.8, 4) is 5.75 Å². The summed E-state index contributed by atoms with van der Waals surface area (Å²) in [6.07, 6.45) is -0.208. The summed E-state index contributed by atoms with van der Waals surface area (Å²) in [7, 11) is 0. The quantitative estimate of drug-likeness (QED) is 0.317. The van der Waals surface area contributed by atoms with E-state index in [0.29, 0.717) is 23.7 Å². The molecule has 0 spiro atoms. The number of nitrogens with one attached hydrogen (secondary N) is 1. The average Bonchev–Trinajstić information content (AvgIpc) is 3.57. The Hall–Kier alpha value is -5.02. The number of hydrogen-bond acceptors (Lipinski definition) is 9. The van der Waals surface area contributed by atoms with Crippen LogP contribution in [0.4, 0.5) is 9.28 Å². The predicted molar refractivity (Wildman–Crippen MR) is 169 cm³/mol. The maximum Gasteiger partial charge on any atom is 0.409 e. The number of piperazine rings is 1. The molecule has 15 nitrogen and oxygen atoms in total. The summed E-state index contributed by atoms with van der Waals surface area (Å²) in [5, 5.41) is 12.5. The Morgan fingerprint density at radius 2 is 1.77 bits per heavy atom. The lowest BCUT2D eigenvalue weighted by atomic mass is 10.1. The van der Waals surface area contributed by atoms with Gasteiger partial charge in [-0.2, -0.15) is 5.12 Å². The molecular weight excluding hydrogens is 631 g/mol. The first-order chi connectivity index (χ1) is 22.9. The minimum atomic E-state index is -1.20. The Labute approximate surface area is 276 Å². The number of rotatable bonds is 12. The fourth-order valence-corrected chi connectivity index (χ4v) is 5.71. The van der Waals surface area contributed by atoms with Crippen LogP contribution >= 0.6 is 0 Å². The van der Waals surface area contributed by atoms with Crippen molar-refractivity contribution in [2.45, 2.75) is 58.5 Å². The van der Waals surface area contributed by atoms with E-state index in [1.807, 2.05) is 6.92 Å². The van der Waals surface area contributed by atoms with Crippen molar-refractivity contribution in [3.63, 3.8) is 0 Å². The number of carboxylic acids is 1. The highest BCUT2D eigenvalue weighted by Gasteiger charge is 2.37. The summed E-state index contributed by atoms with van der Waals surface area (Å²) >= 11 is 0. The van der Waals surface area contributed by atoms with Gasteiger partial charge in [0.25, 0.3) is 17.7 Å². The van der Waals surface area contributed by atoms with Crippen LogP contribution in [0.1, 0.15) is 55.6 Å². The number of fused-ring (bicyclic) bond motifs is 1. The molecule has 2 aliphatic heterocycles. The van der Waals surface area contributed by atoms with Gasteiger partial charge in [-0.25, -0.2) is 9.78 Å². The maximum atomic E-state index is 14.0. The Bertz CT molecular complexity index is 1550. The molecule has 16 heteroatoms. The van der Waals surface area contributed by atoms with E-state index in [4.69, 9.17) is 9.47 Å². The van der Waals surface area contributed by atoms with Gasteiger partial charge in [0.1, 0.15) is 23.5 Å². The van der Waals surface area contributed by atoms with Gasteiger partial charge in [-0.3, -0.25) is 24.0 Å². The van der Waals surface area contributed by atoms with Crippen molar-refractivity contribution >= 4 is 46.6 Å². The molecule has 2 atom stereocenters. The van der Waals surface area contributed by atoms with Crippen LogP contribution in [0.3, 0.4) is 0 Å². The van der Waals surface area contributed by atoms with Gasteiger partial charge in [-0.05, 0) is 57.7 Å². The molecule has 2 fully saturated rings. The van der Waals surface area contributed by atoms with Crippen molar-refractivity contribution in [3.05, 3.63) is 35.5 Å². The maximum absolute atomic E-state index is 14.0. The van der Waals surface area contributed by atoms with Crippen LogP contribution in [0.25, 0.3) is 10.9 Å². The predicted octanol–water partition coefficient (Wildman–Crippen LogP) is 1.91. The number of carbonyl (C=O) groups excluding carboxylic acids is 5. The van der Waals surface area contributed by atoms with Crippen molar-refractivity contribution in [2.75, 3.05) is 52.5 Å². The third-order valence-corrected chi connectivity index (χ3v) is 8.25. The molecule has 1 aromatic carbocycles. The Kier molecular flexibility index (Phi) is 12.1. The molecule has 0 radical (unpaired) electrons. The van der Waals surface area contributed by atoms with Gasteiger partial charge in [0, 0.05) is 50.6 Å². The number of aromatic nitrogens is 1. The second-order valence-corrected chi connectivity index (χ2v) is 11.5. The molecule has 260 valence electrons. The van der Waals surface area contributed by atoms with E-state index < -0.39 is 60.8 Å². The highest BCUT2D eigenvalue weighted by atomic mass is 19.2. The van der Waals surface area contributed by atoms with Crippen LogP contribution in [0.2, 0.25) is 0 Å². The van der Waals surface area contributed by atoms with Crippen molar-refractivity contribution in [2.24, 2.45) is 0 Å². The van der Waals surface area contributed by atoms with E-state index in [9.17, 15) is 38.4 Å². The van der Waals surface area contributed by atoms with E-state index in [1.165, 1.54) is 27.7 Å². The van der Waals surface area contributed by atoms with Gasteiger partial charge >= 0.3 is 12.1 Å². The molecule has 0 aliphatic carbocycles. The lowest BCUT2D eigenvalue weighted by Crippen LogP contribution is -2.56. The van der Waals surface area contributed by atoms with Gasteiger partial charge in [-0.15, -0.1) is 0 Å². The Morgan fingerprint density at radius 3 is 2.44 bits per heavy atom. The van der Waals surface area contributed by atoms with Gasteiger partial charge in [0.2, 0.25) is 5.91 Å². The summed E-state index contributed by atoms with van der Waals surface area (Å²) in [5.74, 6) is -3.59. The molecule has 48 heavy (non-hydrogen) atoms. The number of likely N-dealkylation sites (tertiary alicyclic amines) is 1. The molecule has 2 N–H and O–H groups in total. The number of pyridine rings is 1. The zero-order chi connectivity index (χ0) is 35.0. The molecular formula is C32H41FN6O9. The standard InChI is InChI=1S/C32H41FN6O9/c1-4-39(33)31(45)25-7-6-12-38(25)27(40)19-48-26-18-24(34-23-17-20(3)8-9-21(23)26)29(43)35-22(10-11-28(41)42)30(44)36-13-15-37(16-14-36)32(46)47-5-2/h8-9,17-18,22,25H,4-7,10-16,19H2,1-3H3,(H,35,43)(H,41,42). The fourth-order valence-electron chi connectivity index (χ4n) is 5.71. The number of amides is 5. The third kappa shape index (κ3) is 8.66. The lowest BCUT2D eigenvalue weighted by molar-refractivity contribution is -0.155. The fraction of sp³-hybridized carbons (Fsp3) is 0.531. The van der Waals surface area contributed by atoms with Crippen LogP contribution < -0.4 is 10.1 Å². The summed E-state index contributed by atoms with van der Waals surface area (Å²) in [6.45, 7) is 5.62. The largest absolute Gasteiger partial charge is 0.483 e. The van der Waals surface area contributed by atoms with Gasteiger partial charge in [0.15, 0.2) is 6.61 Å². The van der Waals surface area contributed by atoms with Gasteiger partial charge in [-0.1, -0.05) is 10.5 Å². The minimum absolute atomic E-state index is 0.0820. The molecule has 2 unspecified atom stereocenters. The molecule has 2 aromatic rings. The van der Waals surface area contributed by atoms with E-state index in [-0.39, 0.29) is 68.9 Å². The normalized spacial score (nSPS) is 16.8. The van der Waals surface area contributed by atoms with Crippen LogP contribution in [0.5, 0.6) is 5.75 Å². The number of aliphatic carboxylic acids is 1. The molecule has 0 bridgehead atoms. The van der Waals surface area contributed by atoms with Crippen molar-refractivity contribution < 1.29 is 47.8 Å². The SMILES string of the molecule is CCOC(=O)N1CCN(C(=O)C(CCC(=O)O)NC(=O)c2cc(OCC(=O)N3CCCC3C(=O)N(F)CC)c3ccc(C)cc3n2)CC1. The molecule has 3 heterocycles. The first-order valence-corrected chi connectivity index (χ1v) is 16.0. The molecule has 2 aliphatic rings. The number of hydrogen-bond donors (Lipinski definition) is 2. The van der Waals surface area contributed by atoms with Gasteiger partial charge < -0.3 is 34.6 Å². The number of aryl methyl sites for hydroxylation is 1. The van der Waals surface area contributed by atoms with Crippen LogP contribution in [0.15, 0.2) is 24.3 Å². The highest BCUT2D eigenvalue weighted by molar-refractivity contribution is 5.99. The Balaban J connectivity index is 1.52. The van der Waals surface area contributed by atoms with E-state index >= 15 is 0 Å². The first kappa shape index (κ1) is 35.8. The zero-order valence-corrected chi connectivity index (χ0v) is 27.3. The molecule has 2 saturated heterocycles. The first-order valence-electron chi connectivity index (χ1n) is 16.0. The molecule has 1 aromatic heterocycles. The number of nitrogens with zero attached hydrogens (tertiary/aromatic N) is 5. The number of halogens is 1. The number of likely N-dealkylation sites (N-methyl/N-ethyl adjacent to an activating group) is 1. The third-order valence-electron chi connectivity index (χ3n) is 8.25. The summed E-state index contributed by atoms with van der Waals surface area (Å²) < 4.78 is 24.9. The van der Waals surface area contributed by atoms with Crippen LogP contribution in [-0.4, -0.2) is 130 Å². The molecule has 4 rings (SSSR count). The topological polar surface area (TPSA) is 179 Å². The van der Waals surface area contributed by atoms with Crippen molar-refractivity contribution in [1.29, 1.82) is 0 Å². The average molecular weight is 673 g/mol. The Morgan fingerprint density at radius 1 is 1.06 bits per heavy atom. The lowest BCUT2D eigenvalue weighted by Gasteiger charge is -2.35. The van der Waals surface area contributed by atoms with E-state index in [1.54, 1.807) is 25.1 Å². The van der Waals surface area contributed by atoms with Crippen LogP contribution in [-0.2, 0) is 23.9 Å². The minimum Gasteiger partial charge on any atom is -0.483 e.